The monoisotopic (exact) mass is 418 g/mol. The highest BCUT2D eigenvalue weighted by Gasteiger charge is 2.23. The van der Waals surface area contributed by atoms with Crippen molar-refractivity contribution in [2.45, 2.75) is 17.7 Å². The third kappa shape index (κ3) is 4.98. The second-order valence-electron chi connectivity index (χ2n) is 7.52. The van der Waals surface area contributed by atoms with E-state index in [4.69, 9.17) is 11.6 Å². The molecule has 150 valence electrons. The van der Waals surface area contributed by atoms with E-state index < -0.39 is 0 Å². The number of benzene rings is 1. The van der Waals surface area contributed by atoms with Gasteiger partial charge in [0, 0.05) is 73.1 Å². The molecule has 0 atom stereocenters. The van der Waals surface area contributed by atoms with Gasteiger partial charge in [-0.25, -0.2) is 0 Å². The van der Waals surface area contributed by atoms with Crippen LogP contribution in [-0.4, -0.2) is 83.7 Å². The summed E-state index contributed by atoms with van der Waals surface area (Å²) < 4.78 is 0. The highest BCUT2D eigenvalue weighted by atomic mass is 35.5. The van der Waals surface area contributed by atoms with Gasteiger partial charge in [-0.15, -0.1) is 11.8 Å². The van der Waals surface area contributed by atoms with Crippen molar-refractivity contribution in [1.29, 1.82) is 0 Å². The second-order valence-corrected chi connectivity index (χ2v) is 9.10. The molecule has 0 saturated carbocycles. The summed E-state index contributed by atoms with van der Waals surface area (Å²) in [4.78, 5) is 24.8. The van der Waals surface area contributed by atoms with E-state index in [1.54, 1.807) is 0 Å². The first-order valence-corrected chi connectivity index (χ1v) is 11.4. The number of carbonyl (C=O) groups is 1. The smallest absolute Gasteiger partial charge is 0.236 e. The lowest BCUT2D eigenvalue weighted by atomic mass is 10.2. The molecule has 4 rings (SSSR count). The van der Waals surface area contributed by atoms with Crippen molar-refractivity contribution >= 4 is 40.2 Å². The van der Waals surface area contributed by atoms with E-state index in [1.807, 2.05) is 35.0 Å². The van der Waals surface area contributed by atoms with Gasteiger partial charge in [0.1, 0.15) is 0 Å². The van der Waals surface area contributed by atoms with E-state index in [1.165, 1.54) is 10.3 Å². The van der Waals surface area contributed by atoms with E-state index in [0.29, 0.717) is 12.5 Å². The number of carbonyl (C=O) groups excluding carboxylic acids is 1. The fourth-order valence-electron chi connectivity index (χ4n) is 3.93. The maximum atomic E-state index is 12.3. The first-order valence-electron chi connectivity index (χ1n) is 10.1. The molecule has 28 heavy (non-hydrogen) atoms. The number of likely N-dealkylation sites (tertiary alicyclic amines) is 1. The van der Waals surface area contributed by atoms with Crippen molar-refractivity contribution in [1.82, 2.24) is 19.7 Å². The van der Waals surface area contributed by atoms with E-state index in [-0.39, 0.29) is 0 Å². The third-order valence-electron chi connectivity index (χ3n) is 5.61. The topological polar surface area (TPSA) is 39.7 Å². The Morgan fingerprint density at radius 3 is 2.57 bits per heavy atom. The van der Waals surface area contributed by atoms with Gasteiger partial charge in [0.05, 0.1) is 12.1 Å². The Balaban J connectivity index is 1.21. The number of hydrogen-bond donors (Lipinski definition) is 0. The summed E-state index contributed by atoms with van der Waals surface area (Å²) in [7, 11) is 0. The number of thioether (sulfide) groups is 1. The molecule has 1 aromatic carbocycles. The first-order chi connectivity index (χ1) is 13.7. The van der Waals surface area contributed by atoms with Gasteiger partial charge in [0.2, 0.25) is 5.91 Å². The molecule has 5 nitrogen and oxygen atoms in total. The van der Waals surface area contributed by atoms with E-state index in [2.05, 4.69) is 26.9 Å². The Kier molecular flexibility index (Phi) is 6.73. The largest absolute Gasteiger partial charge is 0.342 e. The van der Waals surface area contributed by atoms with E-state index in [9.17, 15) is 4.79 Å². The van der Waals surface area contributed by atoms with Crippen LogP contribution in [0.3, 0.4) is 0 Å². The quantitative estimate of drug-likeness (QED) is 0.673. The van der Waals surface area contributed by atoms with Crippen molar-refractivity contribution in [2.24, 2.45) is 0 Å². The SMILES string of the molecule is O=C(CN1CCN(CCSc2ccnc3cc(Cl)ccc23)CC1)N1CCCC1. The highest BCUT2D eigenvalue weighted by molar-refractivity contribution is 7.99. The number of aromatic nitrogens is 1. The Bertz CT molecular complexity index is 819. The van der Waals surface area contributed by atoms with Gasteiger partial charge in [-0.05, 0) is 31.0 Å². The molecule has 2 saturated heterocycles. The summed E-state index contributed by atoms with van der Waals surface area (Å²) in [6.07, 6.45) is 4.19. The molecule has 7 heteroatoms. The summed E-state index contributed by atoms with van der Waals surface area (Å²) in [6.45, 7) is 7.62. The van der Waals surface area contributed by atoms with Crippen LogP contribution in [0.5, 0.6) is 0 Å². The molecule has 1 amide bonds. The zero-order valence-corrected chi connectivity index (χ0v) is 17.7. The molecular weight excluding hydrogens is 392 g/mol. The summed E-state index contributed by atoms with van der Waals surface area (Å²) in [6, 6.07) is 7.99. The normalized spacial score (nSPS) is 18.8. The molecule has 0 aliphatic carbocycles. The van der Waals surface area contributed by atoms with Crippen LogP contribution in [0.25, 0.3) is 10.9 Å². The predicted octanol–water partition coefficient (Wildman–Crippen LogP) is 3.22. The van der Waals surface area contributed by atoms with Crippen LogP contribution in [0.2, 0.25) is 5.02 Å². The summed E-state index contributed by atoms with van der Waals surface area (Å²) in [5.41, 5.74) is 0.953. The van der Waals surface area contributed by atoms with Crippen molar-refractivity contribution in [3.8, 4) is 0 Å². The third-order valence-corrected chi connectivity index (χ3v) is 6.90. The van der Waals surface area contributed by atoms with Crippen LogP contribution in [0, 0.1) is 0 Å². The maximum Gasteiger partial charge on any atom is 0.236 e. The molecule has 0 N–H and O–H groups in total. The molecular formula is C21H27ClN4OS. The lowest BCUT2D eigenvalue weighted by molar-refractivity contribution is -0.131. The zero-order valence-electron chi connectivity index (χ0n) is 16.1. The van der Waals surface area contributed by atoms with E-state index >= 15 is 0 Å². The lowest BCUT2D eigenvalue weighted by Gasteiger charge is -2.34. The first kappa shape index (κ1) is 20.0. The number of fused-ring (bicyclic) bond motifs is 1. The van der Waals surface area contributed by atoms with Gasteiger partial charge < -0.3 is 4.90 Å². The Morgan fingerprint density at radius 1 is 1.04 bits per heavy atom. The fraction of sp³-hybridized carbons (Fsp3) is 0.524. The zero-order chi connectivity index (χ0) is 19.3. The summed E-state index contributed by atoms with van der Waals surface area (Å²) in [5.74, 6) is 1.36. The minimum Gasteiger partial charge on any atom is -0.342 e. The molecule has 2 aliphatic heterocycles. The predicted molar refractivity (Wildman–Crippen MR) is 116 cm³/mol. The maximum absolute atomic E-state index is 12.3. The number of hydrogen-bond acceptors (Lipinski definition) is 5. The standard InChI is InChI=1S/C21H27ClN4OS/c22-17-3-4-18-19(15-17)23-6-5-20(18)28-14-13-24-9-11-25(12-10-24)16-21(27)26-7-1-2-8-26/h3-6,15H,1-2,7-14,16H2. The average molecular weight is 419 g/mol. The summed E-state index contributed by atoms with van der Waals surface area (Å²) >= 11 is 7.95. The molecule has 2 aromatic rings. The van der Waals surface area contributed by atoms with Crippen LogP contribution in [0.4, 0.5) is 0 Å². The van der Waals surface area contributed by atoms with E-state index in [0.717, 1.165) is 74.9 Å². The van der Waals surface area contributed by atoms with Crippen LogP contribution >= 0.6 is 23.4 Å². The molecule has 3 heterocycles. The van der Waals surface area contributed by atoms with Gasteiger partial charge >= 0.3 is 0 Å². The second kappa shape index (κ2) is 9.44. The van der Waals surface area contributed by atoms with Crippen LogP contribution in [0.15, 0.2) is 35.4 Å². The minimum absolute atomic E-state index is 0.311. The number of nitrogens with zero attached hydrogens (tertiary/aromatic N) is 4. The van der Waals surface area contributed by atoms with Crippen LogP contribution in [-0.2, 0) is 4.79 Å². The molecule has 1 aromatic heterocycles. The number of halogens is 1. The number of rotatable bonds is 6. The van der Waals surface area contributed by atoms with Crippen LogP contribution in [0.1, 0.15) is 12.8 Å². The summed E-state index contributed by atoms with van der Waals surface area (Å²) in [5, 5.41) is 1.89. The fourth-order valence-corrected chi connectivity index (χ4v) is 5.16. The molecule has 2 fully saturated rings. The van der Waals surface area contributed by atoms with Gasteiger partial charge in [-0.2, -0.15) is 0 Å². The Morgan fingerprint density at radius 2 is 1.79 bits per heavy atom. The van der Waals surface area contributed by atoms with Gasteiger partial charge in [0.25, 0.3) is 0 Å². The molecule has 0 radical (unpaired) electrons. The Labute approximate surface area is 176 Å². The lowest BCUT2D eigenvalue weighted by Crippen LogP contribution is -2.50. The number of amides is 1. The van der Waals surface area contributed by atoms with Crippen molar-refractivity contribution in [3.63, 3.8) is 0 Å². The van der Waals surface area contributed by atoms with Crippen molar-refractivity contribution in [3.05, 3.63) is 35.5 Å². The van der Waals surface area contributed by atoms with Gasteiger partial charge in [0.15, 0.2) is 0 Å². The molecule has 0 bridgehead atoms. The molecule has 0 unspecified atom stereocenters. The minimum atomic E-state index is 0.311. The van der Waals surface area contributed by atoms with Crippen LogP contribution < -0.4 is 0 Å². The molecule has 0 spiro atoms. The van der Waals surface area contributed by atoms with Crippen molar-refractivity contribution in [2.75, 3.05) is 58.1 Å². The Hall–Kier alpha value is -1.34. The van der Waals surface area contributed by atoms with Gasteiger partial charge in [-0.3, -0.25) is 19.6 Å². The molecule has 2 aliphatic rings. The average Bonchev–Trinajstić information content (AvgIpc) is 3.24. The number of piperazine rings is 1. The highest BCUT2D eigenvalue weighted by Crippen LogP contribution is 2.28. The van der Waals surface area contributed by atoms with Crippen molar-refractivity contribution < 1.29 is 4.79 Å². The van der Waals surface area contributed by atoms with Gasteiger partial charge in [-0.1, -0.05) is 17.7 Å². The number of pyridine rings is 1.